The first-order chi connectivity index (χ1) is 16.2. The van der Waals surface area contributed by atoms with Gasteiger partial charge >= 0.3 is 0 Å². The number of aryl methyl sites for hydroxylation is 1. The Morgan fingerprint density at radius 2 is 1.44 bits per heavy atom. The van der Waals surface area contributed by atoms with Gasteiger partial charge in [0, 0.05) is 26.1 Å². The predicted octanol–water partition coefficient (Wildman–Crippen LogP) is 6.17. The molecule has 0 fully saturated rings. The molecule has 34 heavy (non-hydrogen) atoms. The van der Waals surface area contributed by atoms with Crippen molar-refractivity contribution in [2.75, 3.05) is 41.4 Å². The first kappa shape index (κ1) is 30.4. The van der Waals surface area contributed by atoms with Gasteiger partial charge in [-0.3, -0.25) is 4.79 Å². The largest absolute Gasteiger partial charge is 0.357 e. The Labute approximate surface area is 209 Å². The first-order valence-corrected chi connectivity index (χ1v) is 15.2. The molecule has 0 saturated carbocycles. The third kappa shape index (κ3) is 10.7. The third-order valence-corrected chi connectivity index (χ3v) is 8.48. The van der Waals surface area contributed by atoms with E-state index in [4.69, 9.17) is 0 Å². The van der Waals surface area contributed by atoms with E-state index in [9.17, 15) is 13.2 Å². The molecule has 1 heterocycles. The number of rotatable bonds is 18. The van der Waals surface area contributed by atoms with E-state index in [1.54, 1.807) is 18.9 Å². The Kier molecular flexibility index (Phi) is 14.4. The summed E-state index contributed by atoms with van der Waals surface area (Å²) in [4.78, 5) is 21.3. The molecule has 1 rings (SSSR count). The summed E-state index contributed by atoms with van der Waals surface area (Å²) in [5.41, 5.74) is 1.49. The number of hydrogen-bond acceptors (Lipinski definition) is 5. The molecule has 0 spiro atoms. The summed E-state index contributed by atoms with van der Waals surface area (Å²) in [6.07, 6.45) is 11.7. The maximum Gasteiger partial charge on any atom is 0.230 e. The monoisotopic (exact) mass is 495 g/mol. The van der Waals surface area contributed by atoms with Crippen molar-refractivity contribution in [2.24, 2.45) is 5.92 Å². The molecule has 196 valence electrons. The van der Waals surface area contributed by atoms with Gasteiger partial charge in [-0.25, -0.2) is 13.4 Å². The smallest absolute Gasteiger partial charge is 0.230 e. The molecule has 6 nitrogen and oxygen atoms in total. The first-order valence-electron chi connectivity index (χ1n) is 13.4. The molecule has 0 bridgehead atoms. The SMILES string of the molecule is CCCCCCCCCCCCS(=O)(=O)CC(C)C(=O)N(C)c1ccc(N(CC)CC)nc1C. The van der Waals surface area contributed by atoms with Crippen LogP contribution in [-0.2, 0) is 14.6 Å². The molecule has 1 unspecified atom stereocenters. The highest BCUT2D eigenvalue weighted by Gasteiger charge is 2.25. The minimum absolute atomic E-state index is 0.0996. The molecule has 0 aliphatic heterocycles. The topological polar surface area (TPSA) is 70.6 Å². The second-order valence-electron chi connectivity index (χ2n) is 9.54. The van der Waals surface area contributed by atoms with Crippen LogP contribution in [0.3, 0.4) is 0 Å². The lowest BCUT2D eigenvalue weighted by Crippen LogP contribution is -2.36. The quantitative estimate of drug-likeness (QED) is 0.228. The lowest BCUT2D eigenvalue weighted by atomic mass is 10.1. The summed E-state index contributed by atoms with van der Waals surface area (Å²) in [6, 6.07) is 3.82. The van der Waals surface area contributed by atoms with Gasteiger partial charge in [-0.2, -0.15) is 0 Å². The number of carbonyl (C=O) groups excluding carboxylic acids is 1. The Bertz CT molecular complexity index is 822. The third-order valence-electron chi connectivity index (χ3n) is 6.56. The van der Waals surface area contributed by atoms with Gasteiger partial charge < -0.3 is 9.80 Å². The zero-order valence-electron chi connectivity index (χ0n) is 22.6. The summed E-state index contributed by atoms with van der Waals surface area (Å²) in [5.74, 6) is 0.188. The van der Waals surface area contributed by atoms with Gasteiger partial charge in [0.25, 0.3) is 0 Å². The number of hydrogen-bond donors (Lipinski definition) is 0. The summed E-state index contributed by atoms with van der Waals surface area (Å²) in [5, 5.41) is 0. The molecular weight excluding hydrogens is 446 g/mol. The van der Waals surface area contributed by atoms with Gasteiger partial charge in [0.2, 0.25) is 5.91 Å². The van der Waals surface area contributed by atoms with E-state index in [2.05, 4.69) is 30.7 Å². The van der Waals surface area contributed by atoms with Gasteiger partial charge in [0.05, 0.1) is 22.9 Å². The van der Waals surface area contributed by atoms with Crippen LogP contribution in [0, 0.1) is 12.8 Å². The molecule has 0 aliphatic carbocycles. The molecule has 0 radical (unpaired) electrons. The number of anilines is 2. The van der Waals surface area contributed by atoms with Crippen LogP contribution < -0.4 is 9.80 Å². The molecule has 1 amide bonds. The molecule has 0 N–H and O–H groups in total. The minimum atomic E-state index is -3.25. The average molecular weight is 496 g/mol. The van der Waals surface area contributed by atoms with E-state index in [0.717, 1.165) is 43.1 Å². The van der Waals surface area contributed by atoms with Crippen molar-refractivity contribution < 1.29 is 13.2 Å². The van der Waals surface area contributed by atoms with Crippen molar-refractivity contribution in [3.05, 3.63) is 17.8 Å². The van der Waals surface area contributed by atoms with E-state index in [1.165, 1.54) is 44.9 Å². The summed E-state index contributed by atoms with van der Waals surface area (Å²) >= 11 is 0. The Hall–Kier alpha value is -1.63. The second-order valence-corrected chi connectivity index (χ2v) is 11.8. The molecule has 7 heteroatoms. The van der Waals surface area contributed by atoms with Gasteiger partial charge in [0.15, 0.2) is 9.84 Å². The molecule has 0 aromatic carbocycles. The van der Waals surface area contributed by atoms with Crippen molar-refractivity contribution in [1.29, 1.82) is 0 Å². The van der Waals surface area contributed by atoms with Crippen LogP contribution in [0.15, 0.2) is 12.1 Å². The van der Waals surface area contributed by atoms with Gasteiger partial charge in [0.1, 0.15) is 5.82 Å². The lowest BCUT2D eigenvalue weighted by molar-refractivity contribution is -0.121. The van der Waals surface area contributed by atoms with Crippen LogP contribution in [0.5, 0.6) is 0 Å². The predicted molar refractivity (Wildman–Crippen MR) is 146 cm³/mol. The number of aromatic nitrogens is 1. The van der Waals surface area contributed by atoms with Crippen LogP contribution in [-0.4, -0.2) is 51.0 Å². The lowest BCUT2D eigenvalue weighted by Gasteiger charge is -2.25. The molecule has 0 saturated heterocycles. The van der Waals surface area contributed by atoms with E-state index in [0.29, 0.717) is 6.42 Å². The zero-order valence-corrected chi connectivity index (χ0v) is 23.4. The highest BCUT2D eigenvalue weighted by Crippen LogP contribution is 2.23. The maximum atomic E-state index is 13.0. The number of carbonyl (C=O) groups is 1. The molecule has 0 aliphatic rings. The van der Waals surface area contributed by atoms with E-state index in [-0.39, 0.29) is 17.4 Å². The number of pyridine rings is 1. The normalized spacial score (nSPS) is 12.5. The Balaban J connectivity index is 2.47. The minimum Gasteiger partial charge on any atom is -0.357 e. The standard InChI is InChI=1S/C27H49N3O3S/c1-7-10-11-12-13-14-15-16-17-18-21-34(32,33)22-23(4)27(31)29(6)25-19-20-26(28-24(25)5)30(8-2)9-3/h19-20,23H,7-18,21-22H2,1-6H3. The Morgan fingerprint density at radius 1 is 0.912 bits per heavy atom. The highest BCUT2D eigenvalue weighted by molar-refractivity contribution is 7.91. The fraction of sp³-hybridized carbons (Fsp3) is 0.778. The van der Waals surface area contributed by atoms with Gasteiger partial charge in [-0.05, 0) is 39.3 Å². The maximum absolute atomic E-state index is 13.0. The van der Waals surface area contributed by atoms with Crippen LogP contribution in [0.25, 0.3) is 0 Å². The zero-order chi connectivity index (χ0) is 25.6. The summed E-state index contributed by atoms with van der Waals surface area (Å²) in [7, 11) is -1.55. The highest BCUT2D eigenvalue weighted by atomic mass is 32.2. The fourth-order valence-corrected chi connectivity index (χ4v) is 6.13. The van der Waals surface area contributed by atoms with Crippen LogP contribution in [0.1, 0.15) is 97.6 Å². The van der Waals surface area contributed by atoms with Gasteiger partial charge in [-0.15, -0.1) is 0 Å². The fourth-order valence-electron chi connectivity index (χ4n) is 4.41. The number of sulfone groups is 1. The average Bonchev–Trinajstić information content (AvgIpc) is 2.80. The molecule has 1 aromatic heterocycles. The summed E-state index contributed by atoms with van der Waals surface area (Å²) < 4.78 is 25.2. The van der Waals surface area contributed by atoms with Crippen molar-refractivity contribution >= 4 is 27.2 Å². The molecule has 1 atom stereocenters. The van der Waals surface area contributed by atoms with Crippen molar-refractivity contribution in [2.45, 2.75) is 98.8 Å². The van der Waals surface area contributed by atoms with E-state index < -0.39 is 15.8 Å². The number of nitrogens with zero attached hydrogens (tertiary/aromatic N) is 3. The van der Waals surface area contributed by atoms with Crippen molar-refractivity contribution in [1.82, 2.24) is 4.98 Å². The van der Waals surface area contributed by atoms with Crippen molar-refractivity contribution in [3.8, 4) is 0 Å². The number of amides is 1. The van der Waals surface area contributed by atoms with E-state index in [1.807, 2.05) is 19.1 Å². The van der Waals surface area contributed by atoms with Crippen molar-refractivity contribution in [3.63, 3.8) is 0 Å². The Morgan fingerprint density at radius 3 is 1.94 bits per heavy atom. The molecular formula is C27H49N3O3S. The van der Waals surface area contributed by atoms with Crippen LogP contribution in [0.2, 0.25) is 0 Å². The second kappa shape index (κ2) is 16.1. The van der Waals surface area contributed by atoms with Crippen LogP contribution in [0.4, 0.5) is 11.5 Å². The summed E-state index contributed by atoms with van der Waals surface area (Å²) in [6.45, 7) is 11.7. The molecule has 1 aromatic rings. The van der Waals surface area contributed by atoms with Gasteiger partial charge in [-0.1, -0.05) is 71.6 Å². The van der Waals surface area contributed by atoms with E-state index >= 15 is 0 Å². The van der Waals surface area contributed by atoms with Crippen LogP contribution >= 0.6 is 0 Å². The number of unbranched alkanes of at least 4 members (excludes halogenated alkanes) is 9.